The van der Waals surface area contributed by atoms with E-state index in [4.69, 9.17) is 0 Å². The summed E-state index contributed by atoms with van der Waals surface area (Å²) in [5.74, 6) is 0.996. The summed E-state index contributed by atoms with van der Waals surface area (Å²) < 4.78 is 3.36. The highest BCUT2D eigenvalue weighted by Gasteiger charge is 2.17. The van der Waals surface area contributed by atoms with Gasteiger partial charge in [0.2, 0.25) is 5.82 Å². The van der Waals surface area contributed by atoms with E-state index < -0.39 is 0 Å². The Balaban J connectivity index is 1.80. The van der Waals surface area contributed by atoms with Crippen molar-refractivity contribution in [2.45, 2.75) is 20.8 Å². The Labute approximate surface area is 148 Å². The third kappa shape index (κ3) is 2.36. The molecule has 128 valence electrons. The summed E-state index contributed by atoms with van der Waals surface area (Å²) in [6.45, 7) is 5.52. The van der Waals surface area contributed by atoms with Gasteiger partial charge in [0.1, 0.15) is 17.5 Å². The average molecular weight is 345 g/mol. The van der Waals surface area contributed by atoms with Gasteiger partial charge in [0.15, 0.2) is 11.3 Å². The van der Waals surface area contributed by atoms with Crippen LogP contribution in [0.5, 0.6) is 0 Å². The first-order chi connectivity index (χ1) is 12.6. The minimum Gasteiger partial charge on any atom is -0.258 e. The zero-order valence-corrected chi connectivity index (χ0v) is 14.5. The third-order valence-electron chi connectivity index (χ3n) is 4.11. The molecule has 0 aliphatic heterocycles. The van der Waals surface area contributed by atoms with Crippen molar-refractivity contribution >= 4 is 17.2 Å². The van der Waals surface area contributed by atoms with Gasteiger partial charge in [-0.15, -0.1) is 15.3 Å². The van der Waals surface area contributed by atoms with Crippen molar-refractivity contribution in [1.29, 1.82) is 5.26 Å². The molecular weight excluding hydrogens is 330 g/mol. The molecule has 0 bridgehead atoms. The lowest BCUT2D eigenvalue weighted by molar-refractivity contribution is 0.843. The minimum atomic E-state index is 0.267. The standard InChI is InChI=1S/C17H15N9/c1-10-15(17-22-19-12(3)26(17)23-10)20-21-16-14(9-18)11(2)25(24-16)13-7-5-4-6-8-13/h4-8,22H,1-3H3. The highest BCUT2D eigenvalue weighted by molar-refractivity contribution is 5.66. The topological polar surface area (TPSA) is 112 Å². The normalized spacial score (nSPS) is 11.5. The summed E-state index contributed by atoms with van der Waals surface area (Å²) in [7, 11) is 0. The number of nitrogens with zero attached hydrogens (tertiary/aromatic N) is 8. The predicted octanol–water partition coefficient (Wildman–Crippen LogP) is 3.46. The van der Waals surface area contributed by atoms with Gasteiger partial charge in [-0.3, -0.25) is 5.10 Å². The molecule has 0 radical (unpaired) electrons. The monoisotopic (exact) mass is 345 g/mol. The molecule has 4 aromatic rings. The Morgan fingerprint density at radius 2 is 1.85 bits per heavy atom. The van der Waals surface area contributed by atoms with Crippen molar-refractivity contribution in [1.82, 2.24) is 29.6 Å². The van der Waals surface area contributed by atoms with Gasteiger partial charge in [0, 0.05) is 0 Å². The summed E-state index contributed by atoms with van der Waals surface area (Å²) >= 11 is 0. The molecule has 3 heterocycles. The fourth-order valence-electron chi connectivity index (χ4n) is 2.76. The second kappa shape index (κ2) is 5.93. The van der Waals surface area contributed by atoms with Crippen molar-refractivity contribution in [3.8, 4) is 11.8 Å². The molecule has 0 fully saturated rings. The van der Waals surface area contributed by atoms with Crippen LogP contribution in [0, 0.1) is 32.1 Å². The number of aromatic nitrogens is 6. The smallest absolute Gasteiger partial charge is 0.214 e. The van der Waals surface area contributed by atoms with Crippen molar-refractivity contribution in [3.63, 3.8) is 0 Å². The van der Waals surface area contributed by atoms with E-state index in [1.165, 1.54) is 0 Å². The van der Waals surface area contributed by atoms with Crippen LogP contribution in [-0.2, 0) is 0 Å². The van der Waals surface area contributed by atoms with Gasteiger partial charge >= 0.3 is 0 Å². The van der Waals surface area contributed by atoms with E-state index in [0.29, 0.717) is 28.3 Å². The lowest BCUT2D eigenvalue weighted by Crippen LogP contribution is -1.98. The summed E-state index contributed by atoms with van der Waals surface area (Å²) in [5, 5.41) is 33.8. The van der Waals surface area contributed by atoms with Gasteiger partial charge < -0.3 is 0 Å². The molecule has 4 rings (SSSR count). The number of azo groups is 1. The summed E-state index contributed by atoms with van der Waals surface area (Å²) in [6.07, 6.45) is 0. The number of H-pyrrole nitrogens is 1. The van der Waals surface area contributed by atoms with Crippen LogP contribution >= 0.6 is 0 Å². The van der Waals surface area contributed by atoms with Crippen LogP contribution in [0.25, 0.3) is 11.3 Å². The molecule has 0 unspecified atom stereocenters. The Kier molecular flexibility index (Phi) is 3.58. The van der Waals surface area contributed by atoms with Crippen LogP contribution in [0.1, 0.15) is 22.8 Å². The van der Waals surface area contributed by atoms with E-state index in [0.717, 1.165) is 11.5 Å². The van der Waals surface area contributed by atoms with Crippen LogP contribution in [0.15, 0.2) is 40.6 Å². The maximum atomic E-state index is 9.51. The Bertz CT molecular complexity index is 1170. The van der Waals surface area contributed by atoms with Crippen LogP contribution in [-0.4, -0.2) is 29.6 Å². The predicted molar refractivity (Wildman–Crippen MR) is 94.0 cm³/mol. The SMILES string of the molecule is Cc1nn2c(C)n[nH]c2c1N=Nc1nn(-c2ccccc2)c(C)c1C#N. The van der Waals surface area contributed by atoms with Gasteiger partial charge in [0.05, 0.1) is 17.1 Å². The van der Waals surface area contributed by atoms with Crippen LogP contribution in [0.4, 0.5) is 11.5 Å². The zero-order chi connectivity index (χ0) is 18.3. The molecule has 26 heavy (non-hydrogen) atoms. The summed E-state index contributed by atoms with van der Waals surface area (Å²) in [5.41, 5.74) is 3.89. The van der Waals surface area contributed by atoms with E-state index in [1.807, 2.05) is 51.1 Å². The summed E-state index contributed by atoms with van der Waals surface area (Å²) in [4.78, 5) is 0. The number of fused-ring (bicyclic) bond motifs is 1. The minimum absolute atomic E-state index is 0.267. The van der Waals surface area contributed by atoms with E-state index in [1.54, 1.807) is 9.20 Å². The van der Waals surface area contributed by atoms with Gasteiger partial charge in [0.25, 0.3) is 0 Å². The number of nitrogens with one attached hydrogen (secondary N) is 1. The molecule has 1 aromatic carbocycles. The molecule has 0 amide bonds. The molecule has 0 spiro atoms. The lowest BCUT2D eigenvalue weighted by atomic mass is 10.2. The summed E-state index contributed by atoms with van der Waals surface area (Å²) in [6, 6.07) is 11.8. The first kappa shape index (κ1) is 15.7. The second-order valence-electron chi connectivity index (χ2n) is 5.81. The van der Waals surface area contributed by atoms with E-state index >= 15 is 0 Å². The fraction of sp³-hybridized carbons (Fsp3) is 0.176. The Hall–Kier alpha value is -3.80. The highest BCUT2D eigenvalue weighted by atomic mass is 15.4. The lowest BCUT2D eigenvalue weighted by Gasteiger charge is -2.02. The molecule has 0 atom stereocenters. The van der Waals surface area contributed by atoms with Crippen molar-refractivity contribution in [3.05, 3.63) is 53.1 Å². The number of rotatable bonds is 3. The number of hydrogen-bond donors (Lipinski definition) is 1. The number of hydrogen-bond acceptors (Lipinski definition) is 6. The number of benzene rings is 1. The van der Waals surface area contributed by atoms with E-state index in [-0.39, 0.29) is 5.82 Å². The van der Waals surface area contributed by atoms with E-state index in [9.17, 15) is 5.26 Å². The number of aryl methyl sites for hydroxylation is 2. The van der Waals surface area contributed by atoms with E-state index in [2.05, 4.69) is 36.7 Å². The quantitative estimate of drug-likeness (QED) is 0.573. The van der Waals surface area contributed by atoms with Gasteiger partial charge in [-0.1, -0.05) is 18.2 Å². The number of para-hydroxylation sites is 1. The molecule has 1 N–H and O–H groups in total. The number of nitriles is 1. The Morgan fingerprint density at radius 3 is 2.58 bits per heavy atom. The molecule has 3 aromatic heterocycles. The average Bonchev–Trinajstić information content (AvgIpc) is 3.27. The maximum absolute atomic E-state index is 9.51. The molecule has 9 heteroatoms. The number of aromatic amines is 1. The second-order valence-corrected chi connectivity index (χ2v) is 5.81. The van der Waals surface area contributed by atoms with Crippen molar-refractivity contribution in [2.75, 3.05) is 0 Å². The van der Waals surface area contributed by atoms with Crippen molar-refractivity contribution < 1.29 is 0 Å². The van der Waals surface area contributed by atoms with Gasteiger partial charge in [-0.25, -0.2) is 4.68 Å². The van der Waals surface area contributed by atoms with Crippen LogP contribution in [0.2, 0.25) is 0 Å². The molecular formula is C17H15N9. The molecule has 0 saturated heterocycles. The zero-order valence-electron chi connectivity index (χ0n) is 14.5. The molecule has 9 nitrogen and oxygen atoms in total. The van der Waals surface area contributed by atoms with Crippen LogP contribution < -0.4 is 0 Å². The van der Waals surface area contributed by atoms with Gasteiger partial charge in [-0.2, -0.15) is 20.0 Å². The largest absolute Gasteiger partial charge is 0.258 e. The molecule has 0 aliphatic rings. The Morgan fingerprint density at radius 1 is 1.08 bits per heavy atom. The fourth-order valence-corrected chi connectivity index (χ4v) is 2.76. The van der Waals surface area contributed by atoms with Crippen molar-refractivity contribution in [2.24, 2.45) is 10.2 Å². The molecule has 0 saturated carbocycles. The van der Waals surface area contributed by atoms with Gasteiger partial charge in [-0.05, 0) is 32.9 Å². The highest BCUT2D eigenvalue weighted by Crippen LogP contribution is 2.28. The first-order valence-corrected chi connectivity index (χ1v) is 7.97. The maximum Gasteiger partial charge on any atom is 0.214 e. The van der Waals surface area contributed by atoms with Crippen LogP contribution in [0.3, 0.4) is 0 Å². The first-order valence-electron chi connectivity index (χ1n) is 7.97. The molecule has 0 aliphatic carbocycles. The third-order valence-corrected chi connectivity index (χ3v) is 4.11.